The van der Waals surface area contributed by atoms with Crippen molar-refractivity contribution in [3.63, 3.8) is 0 Å². The number of aryl methyl sites for hydroxylation is 2. The number of nitrogens with zero attached hydrogens (tertiary/aromatic N) is 1. The molecule has 2 N–H and O–H groups in total. The van der Waals surface area contributed by atoms with Crippen molar-refractivity contribution in [1.29, 1.82) is 0 Å². The van der Waals surface area contributed by atoms with E-state index in [1.165, 1.54) is 6.92 Å². The second-order valence-electron chi connectivity index (χ2n) is 7.69. The monoisotopic (exact) mass is 388 g/mol. The van der Waals surface area contributed by atoms with Crippen molar-refractivity contribution in [3.8, 4) is 0 Å². The van der Waals surface area contributed by atoms with Crippen LogP contribution >= 0.6 is 0 Å². The summed E-state index contributed by atoms with van der Waals surface area (Å²) in [4.78, 5) is 30.0. The lowest BCUT2D eigenvalue weighted by atomic mass is 9.92. The highest BCUT2D eigenvalue weighted by Crippen LogP contribution is 2.39. The van der Waals surface area contributed by atoms with Gasteiger partial charge in [0.25, 0.3) is 5.91 Å². The maximum Gasteiger partial charge on any atom is 0.290 e. The summed E-state index contributed by atoms with van der Waals surface area (Å²) in [5, 5.41) is 11.6. The molecule has 1 unspecified atom stereocenters. The first-order valence-corrected chi connectivity index (χ1v) is 9.75. The summed E-state index contributed by atoms with van der Waals surface area (Å²) >= 11 is 0. The van der Waals surface area contributed by atoms with Crippen LogP contribution in [0, 0.1) is 13.8 Å². The van der Waals surface area contributed by atoms with Crippen molar-refractivity contribution >= 4 is 22.6 Å². The summed E-state index contributed by atoms with van der Waals surface area (Å²) in [5.74, 6) is -1.20. The summed E-state index contributed by atoms with van der Waals surface area (Å²) < 4.78 is 0. The van der Waals surface area contributed by atoms with Gasteiger partial charge in [-0.3, -0.25) is 9.59 Å². The molecule has 4 rings (SSSR count). The Morgan fingerprint density at radius 2 is 1.93 bits per heavy atom. The molecule has 0 spiro atoms. The maximum atomic E-state index is 12.9. The van der Waals surface area contributed by atoms with Gasteiger partial charge in [-0.2, -0.15) is 0 Å². The summed E-state index contributed by atoms with van der Waals surface area (Å²) in [7, 11) is 0. The Morgan fingerprint density at radius 1 is 1.17 bits per heavy atom. The molecule has 1 aliphatic heterocycles. The Balaban J connectivity index is 1.70. The van der Waals surface area contributed by atoms with Crippen LogP contribution in [0.25, 0.3) is 10.9 Å². The molecule has 0 fully saturated rings. The zero-order valence-electron chi connectivity index (χ0n) is 16.8. The average Bonchev–Trinajstić information content (AvgIpc) is 3.20. The van der Waals surface area contributed by atoms with Crippen molar-refractivity contribution in [3.05, 3.63) is 82.2 Å². The van der Waals surface area contributed by atoms with E-state index in [1.54, 1.807) is 4.90 Å². The summed E-state index contributed by atoms with van der Waals surface area (Å²) in [5.41, 5.74) is 5.31. The highest BCUT2D eigenvalue weighted by atomic mass is 16.3. The number of Topliss-reactive ketones (excluding diaryl/α,β-unsaturated/α-hetero) is 1. The quantitative estimate of drug-likeness (QED) is 0.684. The average molecular weight is 388 g/mol. The fourth-order valence-electron chi connectivity index (χ4n) is 4.28. The second kappa shape index (κ2) is 7.24. The highest BCUT2D eigenvalue weighted by molar-refractivity contribution is 6.08. The van der Waals surface area contributed by atoms with E-state index < -0.39 is 17.7 Å². The molecule has 2 aromatic carbocycles. The minimum atomic E-state index is -0.564. The number of amides is 1. The van der Waals surface area contributed by atoms with Crippen LogP contribution in [0.5, 0.6) is 0 Å². The van der Waals surface area contributed by atoms with E-state index in [2.05, 4.69) is 4.98 Å². The van der Waals surface area contributed by atoms with Gasteiger partial charge in [-0.05, 0) is 49.9 Å². The van der Waals surface area contributed by atoms with Gasteiger partial charge >= 0.3 is 0 Å². The van der Waals surface area contributed by atoms with Crippen LogP contribution in [0.15, 0.2) is 60.0 Å². The van der Waals surface area contributed by atoms with Gasteiger partial charge in [-0.15, -0.1) is 0 Å². The summed E-state index contributed by atoms with van der Waals surface area (Å²) in [6, 6.07) is 13.4. The molecule has 0 aliphatic carbocycles. The van der Waals surface area contributed by atoms with Crippen LogP contribution in [0.4, 0.5) is 0 Å². The molecule has 0 bridgehead atoms. The van der Waals surface area contributed by atoms with E-state index in [-0.39, 0.29) is 11.4 Å². The van der Waals surface area contributed by atoms with Crippen molar-refractivity contribution in [2.45, 2.75) is 33.2 Å². The van der Waals surface area contributed by atoms with Gasteiger partial charge in [0.1, 0.15) is 0 Å². The number of aromatic amines is 1. The molecule has 1 aliphatic rings. The molecule has 5 heteroatoms. The number of rotatable bonds is 5. The van der Waals surface area contributed by atoms with Crippen molar-refractivity contribution < 1.29 is 14.7 Å². The first-order chi connectivity index (χ1) is 13.9. The van der Waals surface area contributed by atoms with Crippen molar-refractivity contribution in [2.75, 3.05) is 6.54 Å². The number of fused-ring (bicyclic) bond motifs is 1. The van der Waals surface area contributed by atoms with Crippen LogP contribution in [0.2, 0.25) is 0 Å². The number of carbonyl (C=O) groups excluding carboxylic acids is 2. The molecule has 148 valence electrons. The zero-order chi connectivity index (χ0) is 20.7. The molecular formula is C24H24N2O3. The fourth-order valence-corrected chi connectivity index (χ4v) is 4.28. The molecule has 0 saturated heterocycles. The van der Waals surface area contributed by atoms with Crippen LogP contribution < -0.4 is 0 Å². The standard InChI is InChI=1S/C24H24N2O3/c1-14-8-9-18(15(2)12-14)22-21(16(3)27)23(28)24(29)26(22)11-10-17-13-25-20-7-5-4-6-19(17)20/h4-9,12-13,22,25,28H,10-11H2,1-3H3. The number of H-pyrrole nitrogens is 1. The van der Waals surface area contributed by atoms with Crippen LogP contribution in [-0.2, 0) is 16.0 Å². The molecule has 0 radical (unpaired) electrons. The lowest BCUT2D eigenvalue weighted by Gasteiger charge is -2.28. The topological polar surface area (TPSA) is 73.4 Å². The number of aromatic nitrogens is 1. The third-order valence-corrected chi connectivity index (χ3v) is 5.70. The fraction of sp³-hybridized carbons (Fsp3) is 0.250. The number of nitrogens with one attached hydrogen (secondary N) is 1. The van der Waals surface area contributed by atoms with Crippen LogP contribution in [-0.4, -0.2) is 33.2 Å². The summed E-state index contributed by atoms with van der Waals surface area (Å²) in [6.07, 6.45) is 2.58. The molecule has 1 aromatic heterocycles. The Bertz CT molecular complexity index is 1160. The number of ketones is 1. The minimum Gasteiger partial charge on any atom is -0.503 e. The number of benzene rings is 2. The predicted octanol–water partition coefficient (Wildman–Crippen LogP) is 4.31. The molecule has 0 saturated carbocycles. The van der Waals surface area contributed by atoms with Gasteiger partial charge in [-0.1, -0.05) is 42.0 Å². The third-order valence-electron chi connectivity index (χ3n) is 5.70. The van der Waals surface area contributed by atoms with Crippen molar-refractivity contribution in [1.82, 2.24) is 9.88 Å². The molecule has 3 aromatic rings. The Labute approximate surface area is 169 Å². The zero-order valence-corrected chi connectivity index (χ0v) is 16.8. The molecule has 5 nitrogen and oxygen atoms in total. The smallest absolute Gasteiger partial charge is 0.290 e. The Hall–Kier alpha value is -3.34. The lowest BCUT2D eigenvalue weighted by molar-refractivity contribution is -0.129. The number of hydrogen-bond donors (Lipinski definition) is 2. The Kier molecular flexibility index (Phi) is 4.74. The third kappa shape index (κ3) is 3.23. The molecule has 1 amide bonds. The Morgan fingerprint density at radius 3 is 2.66 bits per heavy atom. The number of aliphatic hydroxyl groups is 1. The van der Waals surface area contributed by atoms with E-state index in [0.717, 1.165) is 33.2 Å². The molecule has 2 heterocycles. The van der Waals surface area contributed by atoms with Gasteiger partial charge in [0.2, 0.25) is 0 Å². The normalized spacial score (nSPS) is 16.9. The SMILES string of the molecule is CC(=O)C1=C(O)C(=O)N(CCc2c[nH]c3ccccc23)C1c1ccc(C)cc1C. The molecular weight excluding hydrogens is 364 g/mol. The maximum absolute atomic E-state index is 12.9. The molecule has 1 atom stereocenters. The van der Waals surface area contributed by atoms with Crippen molar-refractivity contribution in [2.24, 2.45) is 0 Å². The largest absolute Gasteiger partial charge is 0.503 e. The van der Waals surface area contributed by atoms with Gasteiger partial charge in [0.15, 0.2) is 11.5 Å². The van der Waals surface area contributed by atoms with Gasteiger partial charge < -0.3 is 15.0 Å². The van der Waals surface area contributed by atoms with Gasteiger partial charge in [0, 0.05) is 23.6 Å². The van der Waals surface area contributed by atoms with E-state index in [0.29, 0.717) is 13.0 Å². The van der Waals surface area contributed by atoms with Gasteiger partial charge in [-0.25, -0.2) is 0 Å². The van der Waals surface area contributed by atoms with E-state index in [1.807, 2.05) is 62.5 Å². The predicted molar refractivity (Wildman–Crippen MR) is 113 cm³/mol. The van der Waals surface area contributed by atoms with Crippen LogP contribution in [0.3, 0.4) is 0 Å². The summed E-state index contributed by atoms with van der Waals surface area (Å²) in [6.45, 7) is 5.78. The second-order valence-corrected chi connectivity index (χ2v) is 7.69. The number of para-hydroxylation sites is 1. The van der Waals surface area contributed by atoms with E-state index >= 15 is 0 Å². The van der Waals surface area contributed by atoms with Crippen LogP contribution in [0.1, 0.15) is 35.2 Å². The van der Waals surface area contributed by atoms with Gasteiger partial charge in [0.05, 0.1) is 11.6 Å². The lowest BCUT2D eigenvalue weighted by Crippen LogP contribution is -2.33. The van der Waals surface area contributed by atoms with E-state index in [4.69, 9.17) is 0 Å². The first kappa shape index (κ1) is 19.0. The number of aliphatic hydroxyl groups excluding tert-OH is 1. The molecule has 29 heavy (non-hydrogen) atoms. The number of hydrogen-bond acceptors (Lipinski definition) is 3. The minimum absolute atomic E-state index is 0.181. The first-order valence-electron chi connectivity index (χ1n) is 9.75. The number of carbonyl (C=O) groups is 2. The van der Waals surface area contributed by atoms with E-state index in [9.17, 15) is 14.7 Å². The highest BCUT2D eigenvalue weighted by Gasteiger charge is 2.42.